The first kappa shape index (κ1) is 10.8. The Morgan fingerprint density at radius 3 is 3.12 bits per heavy atom. The molecule has 2 heterocycles. The van der Waals surface area contributed by atoms with Gasteiger partial charge in [-0.05, 0) is 25.1 Å². The van der Waals surface area contributed by atoms with Crippen molar-refractivity contribution in [2.45, 2.75) is 24.9 Å². The minimum absolute atomic E-state index is 0.201. The minimum Gasteiger partial charge on any atom is -0.497 e. The van der Waals surface area contributed by atoms with Gasteiger partial charge in [0.15, 0.2) is 0 Å². The molecule has 0 bridgehead atoms. The van der Waals surface area contributed by atoms with E-state index in [1.165, 1.54) is 0 Å². The predicted molar refractivity (Wildman–Crippen MR) is 64.2 cm³/mol. The molecule has 3 aliphatic rings. The van der Waals surface area contributed by atoms with Crippen LogP contribution in [0.1, 0.15) is 12.8 Å². The van der Waals surface area contributed by atoms with Crippen LogP contribution in [0.15, 0.2) is 24.0 Å². The molecular formula is C13H18N2O2. The zero-order valence-corrected chi connectivity index (χ0v) is 10.1. The lowest BCUT2D eigenvalue weighted by Crippen LogP contribution is -2.44. The van der Waals surface area contributed by atoms with Crippen LogP contribution >= 0.6 is 0 Å². The van der Waals surface area contributed by atoms with E-state index in [1.807, 2.05) is 6.08 Å². The minimum atomic E-state index is 0.201. The molecule has 1 aliphatic carbocycles. The standard InChI is InChI=1S/C13H18N2O2/c1-17-11-3-2-9-6-13(16)15(12(9)7-11)10-4-5-14-8-10/h2-3,7,9-10,12,14H,4-6,8H2,1H3/t9?,10-,12?/m0/s1. The summed E-state index contributed by atoms with van der Waals surface area (Å²) in [6.45, 7) is 1.94. The third-order valence-electron chi connectivity index (χ3n) is 3.96. The molecular weight excluding hydrogens is 216 g/mol. The summed E-state index contributed by atoms with van der Waals surface area (Å²) in [7, 11) is 1.68. The summed E-state index contributed by atoms with van der Waals surface area (Å²) in [5.74, 6) is 1.49. The summed E-state index contributed by atoms with van der Waals surface area (Å²) in [6, 6.07) is 0.561. The fourth-order valence-electron chi connectivity index (χ4n) is 3.09. The molecule has 0 aromatic heterocycles. The van der Waals surface area contributed by atoms with Crippen molar-refractivity contribution in [1.82, 2.24) is 10.2 Å². The van der Waals surface area contributed by atoms with Crippen LogP contribution in [0, 0.1) is 5.92 Å². The number of nitrogens with one attached hydrogen (secondary N) is 1. The van der Waals surface area contributed by atoms with Crippen molar-refractivity contribution in [1.29, 1.82) is 0 Å². The van der Waals surface area contributed by atoms with Crippen molar-refractivity contribution in [2.24, 2.45) is 5.92 Å². The van der Waals surface area contributed by atoms with E-state index in [0.717, 1.165) is 25.3 Å². The van der Waals surface area contributed by atoms with Crippen molar-refractivity contribution in [3.63, 3.8) is 0 Å². The summed E-state index contributed by atoms with van der Waals surface area (Å²) >= 11 is 0. The summed E-state index contributed by atoms with van der Waals surface area (Å²) in [6.07, 6.45) is 7.89. The van der Waals surface area contributed by atoms with E-state index in [2.05, 4.69) is 22.4 Å². The number of ether oxygens (including phenoxy) is 1. The third-order valence-corrected chi connectivity index (χ3v) is 3.96. The lowest BCUT2D eigenvalue weighted by Gasteiger charge is -2.31. The molecule has 0 radical (unpaired) electrons. The maximum absolute atomic E-state index is 12.1. The largest absolute Gasteiger partial charge is 0.497 e. The predicted octanol–water partition coefficient (Wildman–Crippen LogP) is 0.665. The first-order valence-corrected chi connectivity index (χ1v) is 6.25. The van der Waals surface area contributed by atoms with Crippen LogP contribution in [0.2, 0.25) is 0 Å². The molecule has 0 aromatic rings. The molecule has 2 saturated heterocycles. The number of nitrogens with zero attached hydrogens (tertiary/aromatic N) is 1. The topological polar surface area (TPSA) is 41.6 Å². The second kappa shape index (κ2) is 4.18. The summed E-state index contributed by atoms with van der Waals surface area (Å²) in [5.41, 5.74) is 0. The molecule has 0 spiro atoms. The van der Waals surface area contributed by atoms with Crippen LogP contribution in [0.3, 0.4) is 0 Å². The fourth-order valence-corrected chi connectivity index (χ4v) is 3.09. The van der Waals surface area contributed by atoms with Gasteiger partial charge in [-0.1, -0.05) is 6.08 Å². The fraction of sp³-hybridized carbons (Fsp3) is 0.615. The molecule has 3 atom stereocenters. The van der Waals surface area contributed by atoms with Crippen LogP contribution in [0.25, 0.3) is 0 Å². The maximum atomic E-state index is 12.1. The lowest BCUT2D eigenvalue weighted by molar-refractivity contribution is -0.130. The lowest BCUT2D eigenvalue weighted by atomic mass is 9.94. The first-order chi connectivity index (χ1) is 8.29. The Morgan fingerprint density at radius 1 is 1.53 bits per heavy atom. The normalized spacial score (nSPS) is 36.1. The van der Waals surface area contributed by atoms with E-state index in [0.29, 0.717) is 18.4 Å². The Bertz CT molecular complexity index is 383. The van der Waals surface area contributed by atoms with Gasteiger partial charge >= 0.3 is 0 Å². The van der Waals surface area contributed by atoms with Gasteiger partial charge in [0.05, 0.1) is 13.2 Å². The van der Waals surface area contributed by atoms with Crippen LogP contribution in [0.4, 0.5) is 0 Å². The molecule has 1 N–H and O–H groups in total. The molecule has 92 valence electrons. The number of hydrogen-bond donors (Lipinski definition) is 1. The van der Waals surface area contributed by atoms with E-state index in [1.54, 1.807) is 7.11 Å². The van der Waals surface area contributed by atoms with E-state index in [9.17, 15) is 4.79 Å². The van der Waals surface area contributed by atoms with Crippen molar-refractivity contribution in [3.8, 4) is 0 Å². The first-order valence-electron chi connectivity index (χ1n) is 6.25. The average molecular weight is 234 g/mol. The summed E-state index contributed by atoms with van der Waals surface area (Å²) < 4.78 is 5.27. The van der Waals surface area contributed by atoms with Gasteiger partial charge in [0.1, 0.15) is 5.76 Å². The number of hydrogen-bond acceptors (Lipinski definition) is 3. The van der Waals surface area contributed by atoms with Crippen LogP contribution in [-0.4, -0.2) is 43.1 Å². The smallest absolute Gasteiger partial charge is 0.224 e. The number of carbonyl (C=O) groups is 1. The van der Waals surface area contributed by atoms with E-state index < -0.39 is 0 Å². The molecule has 2 fully saturated rings. The Kier molecular flexibility index (Phi) is 2.67. The van der Waals surface area contributed by atoms with Gasteiger partial charge < -0.3 is 15.0 Å². The van der Waals surface area contributed by atoms with E-state index in [-0.39, 0.29) is 11.9 Å². The molecule has 4 nitrogen and oxygen atoms in total. The number of amides is 1. The van der Waals surface area contributed by atoms with Gasteiger partial charge in [-0.2, -0.15) is 0 Å². The zero-order chi connectivity index (χ0) is 11.8. The molecule has 0 aromatic carbocycles. The number of fused-ring (bicyclic) bond motifs is 1. The highest BCUT2D eigenvalue weighted by atomic mass is 16.5. The SMILES string of the molecule is COC1=CC2C(C=C1)CC(=O)N2[C@H]1CCNC1. The van der Waals surface area contributed by atoms with E-state index in [4.69, 9.17) is 4.74 Å². The quantitative estimate of drug-likeness (QED) is 0.763. The zero-order valence-electron chi connectivity index (χ0n) is 10.1. The molecule has 2 unspecified atom stereocenters. The number of methoxy groups -OCH3 is 1. The molecule has 2 aliphatic heterocycles. The molecule has 4 heteroatoms. The van der Waals surface area contributed by atoms with Crippen molar-refractivity contribution in [3.05, 3.63) is 24.0 Å². The number of likely N-dealkylation sites (tertiary alicyclic amines) is 1. The van der Waals surface area contributed by atoms with Crippen molar-refractivity contribution in [2.75, 3.05) is 20.2 Å². The maximum Gasteiger partial charge on any atom is 0.224 e. The monoisotopic (exact) mass is 234 g/mol. The molecule has 1 amide bonds. The van der Waals surface area contributed by atoms with Gasteiger partial charge in [-0.25, -0.2) is 0 Å². The van der Waals surface area contributed by atoms with Crippen LogP contribution in [0.5, 0.6) is 0 Å². The van der Waals surface area contributed by atoms with Gasteiger partial charge in [0.25, 0.3) is 0 Å². The van der Waals surface area contributed by atoms with Crippen LogP contribution < -0.4 is 5.32 Å². The molecule has 3 rings (SSSR count). The van der Waals surface area contributed by atoms with Crippen LogP contribution in [-0.2, 0) is 9.53 Å². The number of allylic oxidation sites excluding steroid dienone is 1. The van der Waals surface area contributed by atoms with Crippen molar-refractivity contribution >= 4 is 5.91 Å². The van der Waals surface area contributed by atoms with Gasteiger partial charge in [-0.15, -0.1) is 0 Å². The molecule has 17 heavy (non-hydrogen) atoms. The van der Waals surface area contributed by atoms with Gasteiger partial charge in [0.2, 0.25) is 5.91 Å². The van der Waals surface area contributed by atoms with E-state index >= 15 is 0 Å². The highest BCUT2D eigenvalue weighted by Gasteiger charge is 2.42. The second-order valence-electron chi connectivity index (χ2n) is 4.94. The van der Waals surface area contributed by atoms with Crippen molar-refractivity contribution < 1.29 is 9.53 Å². The summed E-state index contributed by atoms with van der Waals surface area (Å²) in [5, 5.41) is 3.33. The Balaban J connectivity index is 1.85. The highest BCUT2D eigenvalue weighted by Crippen LogP contribution is 2.34. The average Bonchev–Trinajstić information content (AvgIpc) is 2.93. The van der Waals surface area contributed by atoms with Gasteiger partial charge in [-0.3, -0.25) is 4.79 Å². The third kappa shape index (κ3) is 1.76. The number of rotatable bonds is 2. The Morgan fingerprint density at radius 2 is 2.41 bits per heavy atom. The Labute approximate surface area is 101 Å². The summed E-state index contributed by atoms with van der Waals surface area (Å²) in [4.78, 5) is 14.2. The Hall–Kier alpha value is -1.29. The number of carbonyl (C=O) groups excluding carboxylic acids is 1. The highest BCUT2D eigenvalue weighted by molar-refractivity contribution is 5.81. The molecule has 0 saturated carbocycles. The van der Waals surface area contributed by atoms with Gasteiger partial charge in [0, 0.05) is 24.9 Å². The second-order valence-corrected chi connectivity index (χ2v) is 4.94.